The van der Waals surface area contributed by atoms with Gasteiger partial charge in [0.1, 0.15) is 0 Å². The molecule has 0 aliphatic heterocycles. The van der Waals surface area contributed by atoms with Gasteiger partial charge in [-0.3, -0.25) is 4.79 Å². The lowest BCUT2D eigenvalue weighted by atomic mass is 10.2. The number of rotatable bonds is 5. The second-order valence-corrected chi connectivity index (χ2v) is 7.58. The Morgan fingerprint density at radius 3 is 2.71 bits per heavy atom. The standard InChI is InChI=1S/C13H17N3O3S2/c1-9(2)4-16-5-12(14-8-16)21(18,19)15-13(17)11-7-20-6-10(11)3/h5-9H,4H2,1-3H3,(H,15,17). The number of sulfonamides is 1. The molecule has 0 radical (unpaired) electrons. The molecule has 0 fully saturated rings. The van der Waals surface area contributed by atoms with Crippen LogP contribution in [0.1, 0.15) is 29.8 Å². The number of nitrogens with zero attached hydrogens (tertiary/aromatic N) is 2. The zero-order valence-electron chi connectivity index (χ0n) is 12.0. The molecule has 6 nitrogen and oxygen atoms in total. The first-order valence-electron chi connectivity index (χ1n) is 6.41. The van der Waals surface area contributed by atoms with Gasteiger partial charge in [-0.05, 0) is 23.8 Å². The van der Waals surface area contributed by atoms with Crippen molar-refractivity contribution in [3.05, 3.63) is 34.4 Å². The molecule has 0 aliphatic carbocycles. The number of carbonyl (C=O) groups excluding carboxylic acids is 1. The number of nitrogens with one attached hydrogen (secondary N) is 1. The monoisotopic (exact) mass is 327 g/mol. The summed E-state index contributed by atoms with van der Waals surface area (Å²) < 4.78 is 28.0. The fraction of sp³-hybridized carbons (Fsp3) is 0.385. The van der Waals surface area contributed by atoms with Crippen LogP contribution in [0.4, 0.5) is 0 Å². The summed E-state index contributed by atoms with van der Waals surface area (Å²) in [6, 6.07) is 0. The molecule has 0 aliphatic rings. The van der Waals surface area contributed by atoms with Crippen LogP contribution >= 0.6 is 11.3 Å². The fourth-order valence-corrected chi connectivity index (χ4v) is 3.57. The Labute approximate surface area is 127 Å². The van der Waals surface area contributed by atoms with E-state index in [4.69, 9.17) is 0 Å². The summed E-state index contributed by atoms with van der Waals surface area (Å²) in [7, 11) is -3.94. The van der Waals surface area contributed by atoms with Gasteiger partial charge in [-0.2, -0.15) is 19.8 Å². The van der Waals surface area contributed by atoms with Crippen molar-refractivity contribution in [1.82, 2.24) is 14.3 Å². The molecular weight excluding hydrogens is 310 g/mol. The van der Waals surface area contributed by atoms with E-state index < -0.39 is 15.9 Å². The second-order valence-electron chi connectivity index (χ2n) is 5.21. The van der Waals surface area contributed by atoms with Crippen LogP contribution < -0.4 is 4.72 Å². The number of hydrogen-bond acceptors (Lipinski definition) is 5. The third-order valence-corrected chi connectivity index (χ3v) is 4.87. The van der Waals surface area contributed by atoms with Gasteiger partial charge in [0.15, 0.2) is 5.03 Å². The number of aromatic nitrogens is 2. The maximum Gasteiger partial charge on any atom is 0.283 e. The van der Waals surface area contributed by atoms with Gasteiger partial charge < -0.3 is 4.57 Å². The van der Waals surface area contributed by atoms with Crippen molar-refractivity contribution >= 4 is 27.3 Å². The molecular formula is C13H17N3O3S2. The highest BCUT2D eigenvalue weighted by Crippen LogP contribution is 2.15. The number of thiophene rings is 1. The lowest BCUT2D eigenvalue weighted by Crippen LogP contribution is -2.31. The first-order chi connectivity index (χ1) is 9.79. The quantitative estimate of drug-likeness (QED) is 0.911. The Morgan fingerprint density at radius 1 is 1.43 bits per heavy atom. The SMILES string of the molecule is Cc1cscc1C(=O)NS(=O)(=O)c1cn(CC(C)C)cn1. The van der Waals surface area contributed by atoms with E-state index in [2.05, 4.69) is 4.98 Å². The van der Waals surface area contributed by atoms with Gasteiger partial charge in [0.05, 0.1) is 11.9 Å². The number of imidazole rings is 1. The largest absolute Gasteiger partial charge is 0.336 e. The van der Waals surface area contributed by atoms with Crippen LogP contribution in [0.3, 0.4) is 0 Å². The average molecular weight is 327 g/mol. The van der Waals surface area contributed by atoms with Gasteiger partial charge in [-0.25, -0.2) is 9.71 Å². The third-order valence-electron chi connectivity index (χ3n) is 2.79. The highest BCUT2D eigenvalue weighted by molar-refractivity contribution is 7.90. The van der Waals surface area contributed by atoms with Crippen molar-refractivity contribution < 1.29 is 13.2 Å². The minimum Gasteiger partial charge on any atom is -0.336 e. The van der Waals surface area contributed by atoms with E-state index in [1.54, 1.807) is 22.3 Å². The zero-order chi connectivity index (χ0) is 15.6. The van der Waals surface area contributed by atoms with E-state index in [0.29, 0.717) is 18.0 Å². The summed E-state index contributed by atoms with van der Waals surface area (Å²) >= 11 is 1.35. The minimum absolute atomic E-state index is 0.149. The maximum atomic E-state index is 12.1. The van der Waals surface area contributed by atoms with E-state index in [1.165, 1.54) is 23.9 Å². The van der Waals surface area contributed by atoms with Crippen molar-refractivity contribution in [2.45, 2.75) is 32.3 Å². The predicted molar refractivity (Wildman–Crippen MR) is 80.8 cm³/mol. The van der Waals surface area contributed by atoms with Gasteiger partial charge in [0.25, 0.3) is 15.9 Å². The smallest absolute Gasteiger partial charge is 0.283 e. The van der Waals surface area contributed by atoms with Crippen LogP contribution in [-0.4, -0.2) is 23.9 Å². The van der Waals surface area contributed by atoms with Crippen molar-refractivity contribution in [1.29, 1.82) is 0 Å². The maximum absolute atomic E-state index is 12.1. The van der Waals surface area contributed by atoms with Crippen LogP contribution in [0, 0.1) is 12.8 Å². The first-order valence-corrected chi connectivity index (χ1v) is 8.84. The van der Waals surface area contributed by atoms with Gasteiger partial charge in [-0.1, -0.05) is 13.8 Å². The lowest BCUT2D eigenvalue weighted by Gasteiger charge is -2.05. The molecule has 1 N–H and O–H groups in total. The number of carbonyl (C=O) groups is 1. The molecule has 2 aromatic rings. The highest BCUT2D eigenvalue weighted by Gasteiger charge is 2.22. The molecule has 1 amide bonds. The van der Waals surface area contributed by atoms with Crippen LogP contribution in [0.5, 0.6) is 0 Å². The Bertz CT molecular complexity index is 744. The van der Waals surface area contributed by atoms with Gasteiger partial charge >= 0.3 is 0 Å². The molecule has 21 heavy (non-hydrogen) atoms. The lowest BCUT2D eigenvalue weighted by molar-refractivity contribution is 0.0981. The Morgan fingerprint density at radius 2 is 2.14 bits per heavy atom. The molecule has 0 saturated carbocycles. The molecule has 0 saturated heterocycles. The van der Waals surface area contributed by atoms with E-state index in [0.717, 1.165) is 5.56 Å². The van der Waals surface area contributed by atoms with E-state index in [-0.39, 0.29) is 5.03 Å². The van der Waals surface area contributed by atoms with Crippen molar-refractivity contribution in [2.24, 2.45) is 5.92 Å². The fourth-order valence-electron chi connectivity index (χ4n) is 1.82. The number of aryl methyl sites for hydroxylation is 1. The third kappa shape index (κ3) is 3.70. The highest BCUT2D eigenvalue weighted by atomic mass is 32.2. The summed E-state index contributed by atoms with van der Waals surface area (Å²) in [5.41, 5.74) is 1.11. The summed E-state index contributed by atoms with van der Waals surface area (Å²) in [6.07, 6.45) is 2.88. The Kier molecular flexibility index (Phi) is 4.48. The van der Waals surface area contributed by atoms with Crippen molar-refractivity contribution in [3.8, 4) is 0 Å². The minimum atomic E-state index is -3.94. The van der Waals surface area contributed by atoms with Crippen molar-refractivity contribution in [2.75, 3.05) is 0 Å². The molecule has 0 unspecified atom stereocenters. The normalized spacial score (nSPS) is 11.8. The van der Waals surface area contributed by atoms with Crippen LogP contribution in [-0.2, 0) is 16.6 Å². The van der Waals surface area contributed by atoms with E-state index in [9.17, 15) is 13.2 Å². The zero-order valence-corrected chi connectivity index (χ0v) is 13.7. The Balaban J connectivity index is 2.17. The average Bonchev–Trinajstić information content (AvgIpc) is 2.97. The molecule has 0 spiro atoms. The molecule has 0 bridgehead atoms. The van der Waals surface area contributed by atoms with E-state index >= 15 is 0 Å². The predicted octanol–water partition coefficient (Wildman–Crippen LogP) is 2.03. The molecule has 0 atom stereocenters. The summed E-state index contributed by atoms with van der Waals surface area (Å²) in [5.74, 6) is -0.259. The summed E-state index contributed by atoms with van der Waals surface area (Å²) in [6.45, 7) is 6.47. The Hall–Kier alpha value is -1.67. The summed E-state index contributed by atoms with van der Waals surface area (Å²) in [5, 5.41) is 3.26. The van der Waals surface area contributed by atoms with Gasteiger partial charge in [0, 0.05) is 18.1 Å². The first kappa shape index (κ1) is 15.7. The molecule has 114 valence electrons. The topological polar surface area (TPSA) is 81.1 Å². The number of amides is 1. The summed E-state index contributed by atoms with van der Waals surface area (Å²) in [4.78, 5) is 15.8. The van der Waals surface area contributed by atoms with E-state index in [1.807, 2.05) is 18.6 Å². The second kappa shape index (κ2) is 5.98. The van der Waals surface area contributed by atoms with Crippen LogP contribution in [0.15, 0.2) is 28.3 Å². The van der Waals surface area contributed by atoms with Gasteiger partial charge in [0.2, 0.25) is 0 Å². The van der Waals surface area contributed by atoms with Crippen LogP contribution in [0.25, 0.3) is 0 Å². The van der Waals surface area contributed by atoms with Crippen LogP contribution in [0.2, 0.25) is 0 Å². The van der Waals surface area contributed by atoms with Gasteiger partial charge in [-0.15, -0.1) is 0 Å². The van der Waals surface area contributed by atoms with Crippen molar-refractivity contribution in [3.63, 3.8) is 0 Å². The molecule has 8 heteroatoms. The number of hydrogen-bond donors (Lipinski definition) is 1. The molecule has 0 aromatic carbocycles. The molecule has 2 heterocycles. The molecule has 2 rings (SSSR count). The molecule has 2 aromatic heterocycles.